The summed E-state index contributed by atoms with van der Waals surface area (Å²) in [6.07, 6.45) is -4.50. The molecule has 0 bridgehead atoms. The Bertz CT molecular complexity index is 1320. The van der Waals surface area contributed by atoms with Gasteiger partial charge in [0.05, 0.1) is 35.1 Å². The molecule has 1 aromatic heterocycles. The zero-order valence-corrected chi connectivity index (χ0v) is 19.8. The lowest BCUT2D eigenvalue weighted by atomic mass is 10.1. The number of sulfonamides is 1. The topological polar surface area (TPSA) is 117 Å². The number of morpholine rings is 1. The van der Waals surface area contributed by atoms with Gasteiger partial charge in [0.1, 0.15) is 6.61 Å². The molecule has 1 aliphatic heterocycles. The lowest BCUT2D eigenvalue weighted by molar-refractivity contribution is -0.137. The van der Waals surface area contributed by atoms with Crippen LogP contribution in [0.2, 0.25) is 0 Å². The number of carbonyl (C=O) groups excluding carboxylic acids is 1. The molecule has 2 heterocycles. The predicted octanol–water partition coefficient (Wildman–Crippen LogP) is 2.69. The summed E-state index contributed by atoms with van der Waals surface area (Å²) in [5.41, 5.74) is 0.162. The van der Waals surface area contributed by atoms with Gasteiger partial charge < -0.3 is 9.47 Å². The molecule has 9 nitrogen and oxygen atoms in total. The highest BCUT2D eigenvalue weighted by atomic mass is 32.2. The molecule has 0 spiro atoms. The number of aromatic nitrogens is 2. The molecular weight excluding hydrogens is 501 g/mol. The molecule has 192 valence electrons. The van der Waals surface area contributed by atoms with E-state index in [0.29, 0.717) is 36.7 Å². The number of halogens is 3. The SMILES string of the molecule is NS(=O)(=O)c1ccc(-n2nc(C(=O)OCCN3CCOCC3)cc2-c2ccc(C(F)(F)F)cc2)cc1. The maximum atomic E-state index is 13.0. The van der Waals surface area contributed by atoms with Crippen LogP contribution in [0, 0.1) is 0 Å². The van der Waals surface area contributed by atoms with E-state index in [-0.39, 0.29) is 17.2 Å². The van der Waals surface area contributed by atoms with Gasteiger partial charge in [-0.3, -0.25) is 4.90 Å². The zero-order valence-electron chi connectivity index (χ0n) is 18.9. The molecule has 13 heteroatoms. The number of carbonyl (C=O) groups is 1. The third kappa shape index (κ3) is 6.10. The van der Waals surface area contributed by atoms with Crippen LogP contribution in [0.1, 0.15) is 16.1 Å². The van der Waals surface area contributed by atoms with E-state index in [1.54, 1.807) is 0 Å². The molecule has 0 aliphatic carbocycles. The Morgan fingerprint density at radius 2 is 1.69 bits per heavy atom. The molecule has 0 amide bonds. The molecule has 36 heavy (non-hydrogen) atoms. The first kappa shape index (κ1) is 25.8. The standard InChI is InChI=1S/C23H23F3N4O5S/c24-23(25,26)17-3-1-16(2-4-17)21-15-20(22(31)35-14-11-29-9-12-34-13-10-29)28-30(21)18-5-7-19(8-6-18)36(27,32)33/h1-8,15H,9-14H2,(H2,27,32,33). The van der Waals surface area contributed by atoms with Crippen LogP contribution in [-0.2, 0) is 25.7 Å². The second kappa shape index (κ2) is 10.4. The van der Waals surface area contributed by atoms with Crippen LogP contribution < -0.4 is 5.14 Å². The van der Waals surface area contributed by atoms with Crippen molar-refractivity contribution in [3.63, 3.8) is 0 Å². The van der Waals surface area contributed by atoms with Gasteiger partial charge in [-0.05, 0) is 42.5 Å². The molecule has 3 aromatic rings. The Balaban J connectivity index is 1.62. The Labute approximate surface area is 205 Å². The molecule has 0 unspecified atom stereocenters. The normalized spacial score (nSPS) is 15.1. The minimum absolute atomic E-state index is 0.0533. The number of esters is 1. The molecule has 2 N–H and O–H groups in total. The molecule has 0 saturated carbocycles. The molecule has 1 saturated heterocycles. The van der Waals surface area contributed by atoms with E-state index >= 15 is 0 Å². The van der Waals surface area contributed by atoms with Crippen molar-refractivity contribution in [1.82, 2.24) is 14.7 Å². The lowest BCUT2D eigenvalue weighted by Gasteiger charge is -2.26. The Morgan fingerprint density at radius 1 is 1.06 bits per heavy atom. The van der Waals surface area contributed by atoms with Crippen molar-refractivity contribution in [3.8, 4) is 16.9 Å². The number of nitrogens with two attached hydrogens (primary N) is 1. The smallest absolute Gasteiger partial charge is 0.416 e. The Kier molecular flexibility index (Phi) is 7.45. The first-order valence-corrected chi connectivity index (χ1v) is 12.5. The Morgan fingerprint density at radius 3 is 2.28 bits per heavy atom. The number of alkyl halides is 3. The van der Waals surface area contributed by atoms with Gasteiger partial charge in [-0.2, -0.15) is 18.3 Å². The van der Waals surface area contributed by atoms with Crippen molar-refractivity contribution in [1.29, 1.82) is 0 Å². The summed E-state index contributed by atoms with van der Waals surface area (Å²) < 4.78 is 74.2. The van der Waals surface area contributed by atoms with Gasteiger partial charge in [0.15, 0.2) is 5.69 Å². The largest absolute Gasteiger partial charge is 0.460 e. The van der Waals surface area contributed by atoms with E-state index in [4.69, 9.17) is 14.6 Å². The summed E-state index contributed by atoms with van der Waals surface area (Å²) >= 11 is 0. The van der Waals surface area contributed by atoms with Crippen molar-refractivity contribution < 1.29 is 35.9 Å². The van der Waals surface area contributed by atoms with Gasteiger partial charge in [-0.15, -0.1) is 0 Å². The minimum atomic E-state index is -4.50. The number of ether oxygens (including phenoxy) is 2. The van der Waals surface area contributed by atoms with Gasteiger partial charge >= 0.3 is 12.1 Å². The number of rotatable bonds is 7. The highest BCUT2D eigenvalue weighted by Gasteiger charge is 2.30. The molecule has 0 atom stereocenters. The van der Waals surface area contributed by atoms with E-state index < -0.39 is 27.7 Å². The van der Waals surface area contributed by atoms with Gasteiger partial charge in [0.25, 0.3) is 0 Å². The summed E-state index contributed by atoms with van der Waals surface area (Å²) in [5, 5.41) is 9.44. The molecule has 1 fully saturated rings. The molecule has 1 aliphatic rings. The summed E-state index contributed by atoms with van der Waals surface area (Å²) in [6, 6.07) is 11.2. The van der Waals surface area contributed by atoms with Crippen LogP contribution in [-0.4, -0.2) is 68.5 Å². The van der Waals surface area contributed by atoms with Crippen molar-refractivity contribution in [2.75, 3.05) is 39.5 Å². The van der Waals surface area contributed by atoms with Gasteiger partial charge in [-0.25, -0.2) is 23.0 Å². The summed E-state index contributed by atoms with van der Waals surface area (Å²) in [6.45, 7) is 3.34. The fourth-order valence-electron chi connectivity index (χ4n) is 3.66. The van der Waals surface area contributed by atoms with Crippen LogP contribution in [0.3, 0.4) is 0 Å². The van der Waals surface area contributed by atoms with Crippen LogP contribution in [0.15, 0.2) is 59.5 Å². The first-order valence-electron chi connectivity index (χ1n) is 10.9. The summed E-state index contributed by atoms with van der Waals surface area (Å²) in [5.74, 6) is -0.698. The maximum Gasteiger partial charge on any atom is 0.416 e. The van der Waals surface area contributed by atoms with E-state index in [1.165, 1.54) is 47.1 Å². The fraction of sp³-hybridized carbons (Fsp3) is 0.304. The lowest BCUT2D eigenvalue weighted by Crippen LogP contribution is -2.38. The summed E-state index contributed by atoms with van der Waals surface area (Å²) in [4.78, 5) is 14.7. The van der Waals surface area contributed by atoms with Crippen molar-refractivity contribution >= 4 is 16.0 Å². The third-order valence-corrected chi connectivity index (χ3v) is 6.51. The highest BCUT2D eigenvalue weighted by Crippen LogP contribution is 2.32. The van der Waals surface area contributed by atoms with E-state index in [1.807, 2.05) is 0 Å². The van der Waals surface area contributed by atoms with Crippen molar-refractivity contribution in [2.24, 2.45) is 5.14 Å². The van der Waals surface area contributed by atoms with Gasteiger partial charge in [0.2, 0.25) is 10.0 Å². The number of nitrogens with zero attached hydrogens (tertiary/aromatic N) is 3. The number of hydrogen-bond acceptors (Lipinski definition) is 7. The third-order valence-electron chi connectivity index (χ3n) is 5.58. The van der Waals surface area contributed by atoms with Crippen LogP contribution in [0.25, 0.3) is 16.9 Å². The van der Waals surface area contributed by atoms with E-state index in [9.17, 15) is 26.4 Å². The minimum Gasteiger partial charge on any atom is -0.460 e. The second-order valence-corrected chi connectivity index (χ2v) is 9.59. The number of hydrogen-bond donors (Lipinski definition) is 1. The Hall–Kier alpha value is -3.26. The highest BCUT2D eigenvalue weighted by molar-refractivity contribution is 7.89. The number of primary sulfonamides is 1. The van der Waals surface area contributed by atoms with E-state index in [2.05, 4.69) is 10.00 Å². The van der Waals surface area contributed by atoms with Gasteiger partial charge in [-0.1, -0.05) is 12.1 Å². The molecular formula is C23H23F3N4O5S. The van der Waals surface area contributed by atoms with E-state index in [0.717, 1.165) is 25.2 Å². The zero-order chi connectivity index (χ0) is 25.9. The quantitative estimate of drug-likeness (QED) is 0.473. The number of benzene rings is 2. The molecule has 2 aromatic carbocycles. The van der Waals surface area contributed by atoms with Gasteiger partial charge in [0, 0.05) is 25.2 Å². The predicted molar refractivity (Wildman–Crippen MR) is 123 cm³/mol. The van der Waals surface area contributed by atoms with Crippen LogP contribution in [0.5, 0.6) is 0 Å². The maximum absolute atomic E-state index is 13.0. The average molecular weight is 525 g/mol. The first-order chi connectivity index (χ1) is 17.0. The summed E-state index contributed by atoms with van der Waals surface area (Å²) in [7, 11) is -3.93. The van der Waals surface area contributed by atoms with Crippen LogP contribution >= 0.6 is 0 Å². The fourth-order valence-corrected chi connectivity index (χ4v) is 4.17. The molecule has 0 radical (unpaired) electrons. The molecule has 4 rings (SSSR count). The average Bonchev–Trinajstić information content (AvgIpc) is 3.29. The monoisotopic (exact) mass is 524 g/mol. The van der Waals surface area contributed by atoms with Crippen molar-refractivity contribution in [2.45, 2.75) is 11.1 Å². The van der Waals surface area contributed by atoms with Crippen LogP contribution in [0.4, 0.5) is 13.2 Å². The van der Waals surface area contributed by atoms with Crippen molar-refractivity contribution in [3.05, 3.63) is 65.9 Å². The second-order valence-electron chi connectivity index (χ2n) is 8.03.